The molecule has 0 bridgehead atoms. The summed E-state index contributed by atoms with van der Waals surface area (Å²) in [5, 5.41) is 85.2. The fourth-order valence-electron chi connectivity index (χ4n) is 7.00. The van der Waals surface area contributed by atoms with Crippen molar-refractivity contribution in [3.63, 3.8) is 0 Å². The zero-order valence-electron chi connectivity index (χ0n) is 27.9. The van der Waals surface area contributed by atoms with E-state index < -0.39 is 52.0 Å². The maximum atomic E-state index is 14.6. The lowest BCUT2D eigenvalue weighted by atomic mass is 9.65. The second-order valence-electron chi connectivity index (χ2n) is 13.1. The predicted octanol–water partition coefficient (Wildman–Crippen LogP) is 7.33. The monoisotopic (exact) mass is 692 g/mol. The average Bonchev–Trinajstić information content (AvgIpc) is 3.03. The first-order chi connectivity index (χ1) is 24.2. The molecule has 0 amide bonds. The highest BCUT2D eigenvalue weighted by atomic mass is 16.3. The van der Waals surface area contributed by atoms with Crippen LogP contribution in [0.15, 0.2) is 93.2 Å². The average molecular weight is 693 g/mol. The second kappa shape index (κ2) is 13.2. The second-order valence-corrected chi connectivity index (χ2v) is 13.1. The third-order valence-corrected chi connectivity index (χ3v) is 9.32. The van der Waals surface area contributed by atoms with Crippen LogP contribution in [0.25, 0.3) is 22.3 Å². The van der Waals surface area contributed by atoms with Gasteiger partial charge in [0.2, 0.25) is 5.43 Å². The Morgan fingerprint density at radius 3 is 2.04 bits per heavy atom. The standard InChI is InChI=1S/C40H36O11/c1-18(2)4-8-26-38(50)36-33(48)17-32(47)35(40(36)51-39(26)25-11-7-22(43)16-31(25)46)28-13-19(3)12-27(23-9-5-20(41)14-29(23)44)34(28)37(49)24-10-6-21(42)15-30(24)45/h4-7,9-11,13-17,27-28,34,41-48H,8,12H2,1-3H3/t27?,28?,34-/m0/s1. The number of hydrogen-bond acceptors (Lipinski definition) is 11. The van der Waals surface area contributed by atoms with E-state index in [1.54, 1.807) is 19.1 Å². The summed E-state index contributed by atoms with van der Waals surface area (Å²) in [6, 6.07) is 12.2. The molecule has 0 spiro atoms. The lowest BCUT2D eigenvalue weighted by Crippen LogP contribution is -2.32. The van der Waals surface area contributed by atoms with Gasteiger partial charge < -0.3 is 45.3 Å². The Hall–Kier alpha value is -6.36. The molecule has 1 heterocycles. The topological polar surface area (TPSA) is 209 Å². The summed E-state index contributed by atoms with van der Waals surface area (Å²) in [7, 11) is 0. The SMILES string of the molecule is CC(C)=CCc1c(-c2ccc(O)cc2O)oc2c(C3C=C(C)CC(c4ccc(O)cc4O)[C@@H]3C(=O)c3ccc(O)cc3O)c(O)cc(O)c2c1=O. The van der Waals surface area contributed by atoms with Crippen LogP contribution in [0.3, 0.4) is 0 Å². The highest BCUT2D eigenvalue weighted by molar-refractivity contribution is 6.02. The van der Waals surface area contributed by atoms with E-state index in [1.165, 1.54) is 36.4 Å². The molecule has 51 heavy (non-hydrogen) atoms. The van der Waals surface area contributed by atoms with Gasteiger partial charge in [0.15, 0.2) is 5.78 Å². The van der Waals surface area contributed by atoms with Crippen LogP contribution in [0, 0.1) is 5.92 Å². The van der Waals surface area contributed by atoms with E-state index >= 15 is 0 Å². The Balaban J connectivity index is 1.70. The number of ketones is 1. The van der Waals surface area contributed by atoms with Crippen molar-refractivity contribution in [1.29, 1.82) is 0 Å². The number of hydrogen-bond donors (Lipinski definition) is 8. The van der Waals surface area contributed by atoms with Gasteiger partial charge in [-0.1, -0.05) is 29.4 Å². The number of aromatic hydroxyl groups is 8. The number of phenolic OH excluding ortho intramolecular Hbond substituents is 8. The molecule has 3 atom stereocenters. The van der Waals surface area contributed by atoms with Gasteiger partial charge in [0.05, 0.1) is 11.1 Å². The molecule has 0 radical (unpaired) electrons. The summed E-state index contributed by atoms with van der Waals surface area (Å²) < 4.78 is 6.45. The van der Waals surface area contributed by atoms with Crippen LogP contribution in [0.4, 0.5) is 0 Å². The minimum Gasteiger partial charge on any atom is -0.508 e. The molecular formula is C40H36O11. The largest absolute Gasteiger partial charge is 0.508 e. The molecule has 5 aromatic rings. The van der Waals surface area contributed by atoms with Crippen LogP contribution in [0.2, 0.25) is 0 Å². The summed E-state index contributed by atoms with van der Waals surface area (Å²) in [5.74, 6) is -6.99. The number of carbonyl (C=O) groups is 1. The third kappa shape index (κ3) is 6.29. The van der Waals surface area contributed by atoms with Crippen molar-refractivity contribution in [2.75, 3.05) is 0 Å². The van der Waals surface area contributed by atoms with Gasteiger partial charge in [0, 0.05) is 53.1 Å². The smallest absolute Gasteiger partial charge is 0.200 e. The van der Waals surface area contributed by atoms with Crippen LogP contribution >= 0.6 is 0 Å². The summed E-state index contributed by atoms with van der Waals surface area (Å²) in [6.07, 6.45) is 3.73. The molecule has 4 aromatic carbocycles. The Morgan fingerprint density at radius 2 is 1.41 bits per heavy atom. The molecule has 6 rings (SSSR count). The molecule has 0 saturated heterocycles. The van der Waals surface area contributed by atoms with Crippen molar-refractivity contribution in [3.05, 3.63) is 116 Å². The number of carbonyl (C=O) groups excluding carboxylic acids is 1. The Labute approximate surface area is 291 Å². The molecule has 0 aliphatic heterocycles. The Morgan fingerprint density at radius 1 is 0.784 bits per heavy atom. The fraction of sp³-hybridized carbons (Fsp3) is 0.200. The maximum absolute atomic E-state index is 14.6. The van der Waals surface area contributed by atoms with Gasteiger partial charge in [-0.05, 0) is 69.5 Å². The molecule has 2 unspecified atom stereocenters. The van der Waals surface area contributed by atoms with Crippen molar-refractivity contribution in [2.24, 2.45) is 5.92 Å². The first-order valence-electron chi connectivity index (χ1n) is 16.1. The molecule has 0 saturated carbocycles. The molecule has 11 heteroatoms. The van der Waals surface area contributed by atoms with Gasteiger partial charge in [-0.15, -0.1) is 0 Å². The number of benzene rings is 4. The molecule has 1 aromatic heterocycles. The van der Waals surface area contributed by atoms with E-state index in [0.717, 1.165) is 35.4 Å². The van der Waals surface area contributed by atoms with Crippen molar-refractivity contribution in [1.82, 2.24) is 0 Å². The van der Waals surface area contributed by atoms with Gasteiger partial charge in [-0.3, -0.25) is 9.59 Å². The van der Waals surface area contributed by atoms with Gasteiger partial charge in [-0.2, -0.15) is 0 Å². The first kappa shape index (κ1) is 34.5. The van der Waals surface area contributed by atoms with Crippen LogP contribution in [-0.4, -0.2) is 46.6 Å². The summed E-state index contributed by atoms with van der Waals surface area (Å²) in [4.78, 5) is 29.0. The Bertz CT molecular complexity index is 2340. The minimum atomic E-state index is -1.21. The fourth-order valence-corrected chi connectivity index (χ4v) is 7.00. The molecule has 8 N–H and O–H groups in total. The van der Waals surface area contributed by atoms with Crippen LogP contribution < -0.4 is 5.43 Å². The first-order valence-corrected chi connectivity index (χ1v) is 16.1. The third-order valence-electron chi connectivity index (χ3n) is 9.32. The van der Waals surface area contributed by atoms with Crippen molar-refractivity contribution in [3.8, 4) is 57.3 Å². The van der Waals surface area contributed by atoms with Crippen molar-refractivity contribution < 1.29 is 50.1 Å². The van der Waals surface area contributed by atoms with Crippen LogP contribution in [0.5, 0.6) is 46.0 Å². The molecule has 1 aliphatic rings. The maximum Gasteiger partial charge on any atom is 0.200 e. The summed E-state index contributed by atoms with van der Waals surface area (Å²) in [5.41, 5.74) is 0.810. The van der Waals surface area contributed by atoms with E-state index in [-0.39, 0.29) is 80.4 Å². The zero-order valence-corrected chi connectivity index (χ0v) is 27.9. The van der Waals surface area contributed by atoms with E-state index in [0.29, 0.717) is 0 Å². The van der Waals surface area contributed by atoms with Crippen LogP contribution in [-0.2, 0) is 6.42 Å². The molecular weight excluding hydrogens is 656 g/mol. The van der Waals surface area contributed by atoms with Gasteiger partial charge >= 0.3 is 0 Å². The number of fused-ring (bicyclic) bond motifs is 1. The number of Topliss-reactive ketones (excluding diaryl/α,β-unsaturated/α-hetero) is 1. The normalized spacial score (nSPS) is 17.2. The number of allylic oxidation sites excluding steroid dienone is 4. The predicted molar refractivity (Wildman–Crippen MR) is 189 cm³/mol. The molecule has 11 nitrogen and oxygen atoms in total. The lowest BCUT2D eigenvalue weighted by molar-refractivity contribution is 0.0877. The van der Waals surface area contributed by atoms with E-state index in [1.807, 2.05) is 13.8 Å². The van der Waals surface area contributed by atoms with E-state index in [9.17, 15) is 50.4 Å². The highest BCUT2D eigenvalue weighted by Crippen LogP contribution is 2.53. The summed E-state index contributed by atoms with van der Waals surface area (Å²) >= 11 is 0. The molecule has 262 valence electrons. The molecule has 0 fully saturated rings. The van der Waals surface area contributed by atoms with Crippen molar-refractivity contribution in [2.45, 2.75) is 45.4 Å². The zero-order chi connectivity index (χ0) is 36.9. The van der Waals surface area contributed by atoms with Crippen LogP contribution in [0.1, 0.15) is 66.1 Å². The molecule has 1 aliphatic carbocycles. The van der Waals surface area contributed by atoms with E-state index in [4.69, 9.17) is 4.42 Å². The quantitative estimate of drug-likeness (QED) is 0.0625. The lowest BCUT2D eigenvalue weighted by Gasteiger charge is -2.37. The van der Waals surface area contributed by atoms with Gasteiger partial charge in [0.25, 0.3) is 0 Å². The van der Waals surface area contributed by atoms with Gasteiger partial charge in [0.1, 0.15) is 62.7 Å². The number of rotatable bonds is 7. The minimum absolute atomic E-state index is 0.0395. The number of phenols is 8. The van der Waals surface area contributed by atoms with E-state index in [2.05, 4.69) is 0 Å². The Kier molecular flexibility index (Phi) is 8.90. The summed E-state index contributed by atoms with van der Waals surface area (Å²) in [6.45, 7) is 5.44. The van der Waals surface area contributed by atoms with Crippen molar-refractivity contribution >= 4 is 16.8 Å². The highest BCUT2D eigenvalue weighted by Gasteiger charge is 2.43. The van der Waals surface area contributed by atoms with Gasteiger partial charge in [-0.25, -0.2) is 0 Å².